The van der Waals surface area contributed by atoms with Crippen LogP contribution in [-0.4, -0.2) is 47.0 Å². The lowest BCUT2D eigenvalue weighted by molar-refractivity contribution is -0.0541. The monoisotopic (exact) mass is 363 g/mol. The lowest BCUT2D eigenvalue weighted by Crippen LogP contribution is -2.38. The largest absolute Gasteiger partial charge is 0.472 e. The third-order valence-electron chi connectivity index (χ3n) is 3.89. The van der Waals surface area contributed by atoms with E-state index in [1.54, 1.807) is 6.92 Å². The van der Waals surface area contributed by atoms with Crippen LogP contribution < -0.4 is 11.4 Å². The highest BCUT2D eigenvalue weighted by atomic mass is 31.2. The molecule has 2 heterocycles. The minimum Gasteiger partial charge on any atom is -0.383 e. The highest BCUT2D eigenvalue weighted by molar-refractivity contribution is 7.47. The Morgan fingerprint density at radius 1 is 1.46 bits per heavy atom. The maximum atomic E-state index is 12.2. The third kappa shape index (κ3) is 3.69. The van der Waals surface area contributed by atoms with E-state index in [0.717, 1.165) is 7.11 Å². The minimum atomic E-state index is -4.25. The number of ether oxygens (including phenoxy) is 2. The number of phosphoric acid groups is 1. The van der Waals surface area contributed by atoms with Crippen LogP contribution in [0.25, 0.3) is 0 Å². The van der Waals surface area contributed by atoms with Gasteiger partial charge in [0.1, 0.15) is 18.0 Å². The zero-order chi connectivity index (χ0) is 18.1. The Balaban J connectivity index is 2.40. The summed E-state index contributed by atoms with van der Waals surface area (Å²) in [5.41, 5.74) is 5.61. The molecule has 1 saturated heterocycles. The van der Waals surface area contributed by atoms with Gasteiger partial charge in [-0.3, -0.25) is 13.6 Å². The van der Waals surface area contributed by atoms with Gasteiger partial charge < -0.3 is 20.1 Å². The molecule has 136 valence electrons. The second kappa shape index (κ2) is 7.30. The first kappa shape index (κ1) is 19.0. The lowest BCUT2D eigenvalue weighted by atomic mass is 10.1. The summed E-state index contributed by atoms with van der Waals surface area (Å²) in [6.07, 6.45) is -1.17. The highest BCUT2D eigenvalue weighted by Crippen LogP contribution is 2.48. The molecule has 11 heteroatoms. The van der Waals surface area contributed by atoms with Crippen LogP contribution in [0.5, 0.6) is 0 Å². The minimum absolute atomic E-state index is 0.127. The van der Waals surface area contributed by atoms with E-state index in [1.807, 2.05) is 6.92 Å². The van der Waals surface area contributed by atoms with Gasteiger partial charge in [-0.2, -0.15) is 4.98 Å². The number of rotatable bonds is 6. The van der Waals surface area contributed by atoms with Crippen molar-refractivity contribution in [1.29, 1.82) is 0 Å². The molecule has 1 fully saturated rings. The summed E-state index contributed by atoms with van der Waals surface area (Å²) in [5, 5.41) is 0. The number of hydrogen-bond acceptors (Lipinski definition) is 8. The average Bonchev–Trinajstić information content (AvgIpc) is 2.87. The smallest absolute Gasteiger partial charge is 0.383 e. The van der Waals surface area contributed by atoms with Gasteiger partial charge in [-0.1, -0.05) is 6.92 Å². The van der Waals surface area contributed by atoms with E-state index in [0.29, 0.717) is 12.0 Å². The maximum Gasteiger partial charge on any atom is 0.472 e. The fourth-order valence-electron chi connectivity index (χ4n) is 2.60. The number of nitrogens with two attached hydrogens (primary N) is 1. The Kier molecular flexibility index (Phi) is 5.79. The molecule has 0 spiro atoms. The quantitative estimate of drug-likeness (QED) is 0.696. The van der Waals surface area contributed by atoms with E-state index < -0.39 is 38.1 Å². The fourth-order valence-corrected chi connectivity index (χ4v) is 3.25. The Bertz CT molecular complexity index is 695. The zero-order valence-electron chi connectivity index (χ0n) is 13.9. The number of anilines is 1. The van der Waals surface area contributed by atoms with Gasteiger partial charge in [0.2, 0.25) is 0 Å². The summed E-state index contributed by atoms with van der Waals surface area (Å²) in [6, 6.07) is 0. The number of phosphoric ester groups is 1. The van der Waals surface area contributed by atoms with Crippen LogP contribution in [0.4, 0.5) is 5.82 Å². The normalized spacial score (nSPS) is 29.5. The summed E-state index contributed by atoms with van der Waals surface area (Å²) >= 11 is 0. The second-order valence-electron chi connectivity index (χ2n) is 5.39. The summed E-state index contributed by atoms with van der Waals surface area (Å²) in [7, 11) is -1.79. The van der Waals surface area contributed by atoms with E-state index >= 15 is 0 Å². The van der Waals surface area contributed by atoms with Crippen LogP contribution in [0.2, 0.25) is 0 Å². The third-order valence-corrected chi connectivity index (χ3v) is 4.86. The van der Waals surface area contributed by atoms with Crippen molar-refractivity contribution in [2.45, 2.75) is 44.8 Å². The number of nitrogen functional groups attached to an aromatic ring is 1. The molecule has 24 heavy (non-hydrogen) atoms. The first-order valence-electron chi connectivity index (χ1n) is 7.34. The van der Waals surface area contributed by atoms with Gasteiger partial charge >= 0.3 is 13.5 Å². The van der Waals surface area contributed by atoms with Crippen LogP contribution in [-0.2, 0) is 23.1 Å². The van der Waals surface area contributed by atoms with Gasteiger partial charge in [0.25, 0.3) is 0 Å². The van der Waals surface area contributed by atoms with Crippen molar-refractivity contribution in [2.24, 2.45) is 0 Å². The summed E-state index contributed by atoms with van der Waals surface area (Å²) < 4.78 is 33.9. The topological polar surface area (TPSA) is 135 Å². The first-order valence-corrected chi connectivity index (χ1v) is 8.84. The molecule has 0 aliphatic carbocycles. The molecule has 1 aliphatic rings. The van der Waals surface area contributed by atoms with Crippen molar-refractivity contribution in [1.82, 2.24) is 9.55 Å². The van der Waals surface area contributed by atoms with Crippen LogP contribution in [0, 0.1) is 6.92 Å². The predicted octanol–water partition coefficient (Wildman–Crippen LogP) is 0.588. The van der Waals surface area contributed by atoms with Crippen molar-refractivity contribution in [2.75, 3.05) is 20.0 Å². The fraction of sp³-hybridized carbons (Fsp3) is 0.692. The standard InChI is InChI=1S/C13H22N3O7P/c1-5-8-9(23-24(18,19)21-4)10(20-3)12(22-8)16-6-7(2)11(14)15-13(16)17/h6,8-10,12H,5H2,1-4H3,(H,18,19)(H2,14,15,17)/t8-,9?,10+,12-/m1/s1. The number of aromatic nitrogens is 2. The van der Waals surface area contributed by atoms with Gasteiger partial charge in [0.05, 0.1) is 6.10 Å². The Morgan fingerprint density at radius 2 is 2.12 bits per heavy atom. The van der Waals surface area contributed by atoms with Crippen LogP contribution >= 0.6 is 7.82 Å². The molecule has 2 rings (SSSR count). The van der Waals surface area contributed by atoms with Crippen LogP contribution in [0.3, 0.4) is 0 Å². The van der Waals surface area contributed by atoms with Gasteiger partial charge in [-0.15, -0.1) is 0 Å². The molecule has 0 saturated carbocycles. The Labute approximate surface area is 139 Å². The number of methoxy groups -OCH3 is 1. The molecule has 3 N–H and O–H groups in total. The van der Waals surface area contributed by atoms with Gasteiger partial charge in [0.15, 0.2) is 6.23 Å². The number of hydrogen-bond donors (Lipinski definition) is 2. The number of nitrogens with zero attached hydrogens (tertiary/aromatic N) is 2. The van der Waals surface area contributed by atoms with Gasteiger partial charge in [-0.05, 0) is 13.3 Å². The molecule has 0 amide bonds. The molecule has 0 radical (unpaired) electrons. The van der Waals surface area contributed by atoms with E-state index in [-0.39, 0.29) is 5.82 Å². The molecule has 0 bridgehead atoms. The molecular weight excluding hydrogens is 341 g/mol. The van der Waals surface area contributed by atoms with Crippen molar-refractivity contribution in [3.05, 3.63) is 22.2 Å². The van der Waals surface area contributed by atoms with Crippen LogP contribution in [0.1, 0.15) is 25.1 Å². The van der Waals surface area contributed by atoms with E-state index in [9.17, 15) is 14.3 Å². The van der Waals surface area contributed by atoms with Gasteiger partial charge in [0, 0.05) is 26.0 Å². The van der Waals surface area contributed by atoms with Crippen molar-refractivity contribution in [3.8, 4) is 0 Å². The van der Waals surface area contributed by atoms with E-state index in [2.05, 4.69) is 9.51 Å². The second-order valence-corrected chi connectivity index (χ2v) is 6.91. The van der Waals surface area contributed by atoms with Crippen molar-refractivity contribution >= 4 is 13.6 Å². The Hall–Kier alpha value is -1.29. The molecule has 1 aromatic rings. The van der Waals surface area contributed by atoms with Crippen molar-refractivity contribution in [3.63, 3.8) is 0 Å². The summed E-state index contributed by atoms with van der Waals surface area (Å²) in [6.45, 7) is 3.52. The average molecular weight is 363 g/mol. The predicted molar refractivity (Wildman–Crippen MR) is 84.4 cm³/mol. The molecular formula is C13H22N3O7P. The molecule has 10 nitrogen and oxygen atoms in total. The lowest BCUT2D eigenvalue weighted by Gasteiger charge is -2.24. The molecule has 0 aromatic carbocycles. The van der Waals surface area contributed by atoms with Gasteiger partial charge in [-0.25, -0.2) is 9.36 Å². The molecule has 5 atom stereocenters. The van der Waals surface area contributed by atoms with Crippen molar-refractivity contribution < 1.29 is 28.0 Å². The molecule has 2 unspecified atom stereocenters. The Morgan fingerprint density at radius 3 is 2.67 bits per heavy atom. The number of aryl methyl sites for hydroxylation is 1. The highest BCUT2D eigenvalue weighted by Gasteiger charge is 2.49. The SMILES string of the molecule is CC[C@H]1O[C@@H](n2cc(C)c(N)nc2=O)[C@@H](OC)C1OP(=O)(O)OC. The maximum absolute atomic E-state index is 12.2. The first-order chi connectivity index (χ1) is 11.2. The van der Waals surface area contributed by atoms with Crippen LogP contribution in [0.15, 0.2) is 11.0 Å². The van der Waals surface area contributed by atoms with E-state index in [1.165, 1.54) is 17.9 Å². The molecule has 1 aliphatic heterocycles. The molecule has 1 aromatic heterocycles. The zero-order valence-corrected chi connectivity index (χ0v) is 14.8. The van der Waals surface area contributed by atoms with E-state index in [4.69, 9.17) is 19.7 Å². The summed E-state index contributed by atoms with van der Waals surface area (Å²) in [5.74, 6) is 0.127. The summed E-state index contributed by atoms with van der Waals surface area (Å²) in [4.78, 5) is 25.5.